The van der Waals surface area contributed by atoms with Crippen LogP contribution < -0.4 is 4.74 Å². The van der Waals surface area contributed by atoms with Crippen LogP contribution in [-0.2, 0) is 11.2 Å². The monoisotopic (exact) mass is 357 g/mol. The summed E-state index contributed by atoms with van der Waals surface area (Å²) in [4.78, 5) is 25.1. The molecule has 1 saturated heterocycles. The van der Waals surface area contributed by atoms with Crippen LogP contribution in [0.3, 0.4) is 0 Å². The number of likely N-dealkylation sites (tertiary alicyclic amines) is 1. The Balaban J connectivity index is 1.48. The molecule has 3 rings (SSSR count). The molecule has 5 nitrogen and oxygen atoms in total. The lowest BCUT2D eigenvalue weighted by Gasteiger charge is -2.32. The maximum Gasteiger partial charge on any atom is 0.335 e. The van der Waals surface area contributed by atoms with Gasteiger partial charge in [-0.05, 0) is 42.0 Å². The molecule has 1 heterocycles. The summed E-state index contributed by atoms with van der Waals surface area (Å²) in [5, 5.41) is 8.90. The molecule has 1 amide bonds. The number of carboxylic acid groups (broad SMARTS) is 1. The number of hydrogen-bond acceptors (Lipinski definition) is 3. The first-order valence-electron chi connectivity index (χ1n) is 8.53. The molecular formula is C20H20FNO4. The van der Waals surface area contributed by atoms with Crippen molar-refractivity contribution < 1.29 is 23.8 Å². The third-order valence-electron chi connectivity index (χ3n) is 4.47. The van der Waals surface area contributed by atoms with Gasteiger partial charge in [0.05, 0.1) is 12.0 Å². The first kappa shape index (κ1) is 17.9. The van der Waals surface area contributed by atoms with Crippen molar-refractivity contribution in [3.63, 3.8) is 0 Å². The van der Waals surface area contributed by atoms with Crippen molar-refractivity contribution >= 4 is 11.9 Å². The molecule has 0 aromatic heterocycles. The van der Waals surface area contributed by atoms with Gasteiger partial charge < -0.3 is 14.7 Å². The molecule has 6 heteroatoms. The number of carbonyl (C=O) groups excluding carboxylic acids is 1. The minimum absolute atomic E-state index is 0.0133. The van der Waals surface area contributed by atoms with Crippen molar-refractivity contribution in [2.75, 3.05) is 13.1 Å². The second-order valence-corrected chi connectivity index (χ2v) is 6.33. The quantitative estimate of drug-likeness (QED) is 0.893. The van der Waals surface area contributed by atoms with Crippen LogP contribution >= 0.6 is 0 Å². The van der Waals surface area contributed by atoms with Gasteiger partial charge in [0, 0.05) is 25.9 Å². The Hall–Kier alpha value is -2.89. The van der Waals surface area contributed by atoms with E-state index in [9.17, 15) is 14.0 Å². The van der Waals surface area contributed by atoms with Gasteiger partial charge in [-0.1, -0.05) is 12.1 Å². The second kappa shape index (κ2) is 7.99. The zero-order valence-electron chi connectivity index (χ0n) is 14.2. The van der Waals surface area contributed by atoms with E-state index in [1.807, 2.05) is 0 Å². The molecule has 0 spiro atoms. The van der Waals surface area contributed by atoms with E-state index < -0.39 is 5.97 Å². The van der Waals surface area contributed by atoms with Gasteiger partial charge >= 0.3 is 5.97 Å². The number of halogens is 1. The standard InChI is InChI=1S/C20H20FNO4/c21-16-5-7-17(8-6-16)26-18-9-11-22(12-10-18)19(23)13-14-1-3-15(4-2-14)20(24)25/h1-8,18H,9-13H2,(H,24,25). The largest absolute Gasteiger partial charge is 0.490 e. The van der Waals surface area contributed by atoms with Gasteiger partial charge in [0.2, 0.25) is 5.91 Å². The van der Waals surface area contributed by atoms with Gasteiger partial charge in [-0.25, -0.2) is 9.18 Å². The minimum atomic E-state index is -0.980. The van der Waals surface area contributed by atoms with Gasteiger partial charge in [-0.2, -0.15) is 0 Å². The maximum atomic E-state index is 12.9. The number of amides is 1. The van der Waals surface area contributed by atoms with Gasteiger partial charge in [0.1, 0.15) is 17.7 Å². The molecule has 0 atom stereocenters. The molecule has 1 N–H and O–H groups in total. The van der Waals surface area contributed by atoms with Gasteiger partial charge in [0.15, 0.2) is 0 Å². The van der Waals surface area contributed by atoms with Crippen molar-refractivity contribution in [2.24, 2.45) is 0 Å². The molecule has 1 aliphatic rings. The lowest BCUT2D eigenvalue weighted by molar-refractivity contribution is -0.132. The molecule has 1 fully saturated rings. The number of nitrogens with zero attached hydrogens (tertiary/aromatic N) is 1. The lowest BCUT2D eigenvalue weighted by atomic mass is 10.0. The molecule has 136 valence electrons. The molecule has 1 aliphatic heterocycles. The zero-order valence-corrected chi connectivity index (χ0v) is 14.2. The van der Waals surface area contributed by atoms with E-state index in [1.54, 1.807) is 29.2 Å². The number of carboxylic acids is 1. The van der Waals surface area contributed by atoms with Crippen LogP contribution in [0, 0.1) is 5.82 Å². The van der Waals surface area contributed by atoms with Crippen LogP contribution in [-0.4, -0.2) is 41.1 Å². The molecule has 26 heavy (non-hydrogen) atoms. The molecule has 0 unspecified atom stereocenters. The Morgan fingerprint density at radius 3 is 2.23 bits per heavy atom. The highest BCUT2D eigenvalue weighted by Gasteiger charge is 2.24. The summed E-state index contributed by atoms with van der Waals surface area (Å²) in [5.41, 5.74) is 1.00. The molecule has 0 saturated carbocycles. The molecule has 2 aromatic rings. The van der Waals surface area contributed by atoms with Gasteiger partial charge in [-0.3, -0.25) is 4.79 Å². The van der Waals surface area contributed by atoms with Crippen LogP contribution in [0.1, 0.15) is 28.8 Å². The second-order valence-electron chi connectivity index (χ2n) is 6.33. The Kier molecular flexibility index (Phi) is 5.51. The highest BCUT2D eigenvalue weighted by Crippen LogP contribution is 2.20. The summed E-state index contributed by atoms with van der Waals surface area (Å²) >= 11 is 0. The van der Waals surface area contributed by atoms with Crippen LogP contribution in [0.2, 0.25) is 0 Å². The van der Waals surface area contributed by atoms with Crippen molar-refractivity contribution in [1.29, 1.82) is 0 Å². The Bertz CT molecular complexity index is 765. The van der Waals surface area contributed by atoms with E-state index in [4.69, 9.17) is 9.84 Å². The number of hydrogen-bond donors (Lipinski definition) is 1. The fourth-order valence-corrected chi connectivity index (χ4v) is 2.98. The predicted octanol–water partition coefficient (Wildman–Crippen LogP) is 3.14. The molecule has 0 bridgehead atoms. The number of benzene rings is 2. The highest BCUT2D eigenvalue weighted by atomic mass is 19.1. The van der Waals surface area contributed by atoms with Crippen molar-refractivity contribution in [1.82, 2.24) is 4.90 Å². The number of aromatic carboxylic acids is 1. The van der Waals surface area contributed by atoms with Crippen molar-refractivity contribution in [3.8, 4) is 5.75 Å². The number of rotatable bonds is 5. The van der Waals surface area contributed by atoms with Crippen molar-refractivity contribution in [2.45, 2.75) is 25.4 Å². The fourth-order valence-electron chi connectivity index (χ4n) is 2.98. The number of carbonyl (C=O) groups is 2. The van der Waals surface area contributed by atoms with Crippen LogP contribution in [0.5, 0.6) is 5.75 Å². The first-order valence-corrected chi connectivity index (χ1v) is 8.53. The van der Waals surface area contributed by atoms with E-state index in [-0.39, 0.29) is 29.8 Å². The topological polar surface area (TPSA) is 66.8 Å². The number of ether oxygens (including phenoxy) is 1. The van der Waals surface area contributed by atoms with E-state index >= 15 is 0 Å². The van der Waals surface area contributed by atoms with E-state index in [2.05, 4.69) is 0 Å². The zero-order chi connectivity index (χ0) is 18.5. The van der Waals surface area contributed by atoms with Crippen molar-refractivity contribution in [3.05, 3.63) is 65.5 Å². The average Bonchev–Trinajstić information content (AvgIpc) is 2.64. The summed E-state index contributed by atoms with van der Waals surface area (Å²) in [6.07, 6.45) is 1.71. The summed E-state index contributed by atoms with van der Waals surface area (Å²) < 4.78 is 18.7. The molecular weight excluding hydrogens is 337 g/mol. The third-order valence-corrected chi connectivity index (χ3v) is 4.47. The predicted molar refractivity (Wildman–Crippen MR) is 93.7 cm³/mol. The highest BCUT2D eigenvalue weighted by molar-refractivity contribution is 5.87. The SMILES string of the molecule is O=C(O)c1ccc(CC(=O)N2CCC(Oc3ccc(F)cc3)CC2)cc1. The maximum absolute atomic E-state index is 12.9. The lowest BCUT2D eigenvalue weighted by Crippen LogP contribution is -2.42. The minimum Gasteiger partial charge on any atom is -0.490 e. The third kappa shape index (κ3) is 4.59. The molecule has 0 radical (unpaired) electrons. The van der Waals surface area contributed by atoms with Gasteiger partial charge in [-0.15, -0.1) is 0 Å². The molecule has 0 aliphatic carbocycles. The van der Waals surface area contributed by atoms with Crippen LogP contribution in [0.25, 0.3) is 0 Å². The number of piperidine rings is 1. The van der Waals surface area contributed by atoms with Crippen LogP contribution in [0.4, 0.5) is 4.39 Å². The molecule has 2 aromatic carbocycles. The summed E-state index contributed by atoms with van der Waals surface area (Å²) in [6, 6.07) is 12.3. The van der Waals surface area contributed by atoms with Gasteiger partial charge in [0.25, 0.3) is 0 Å². The fraction of sp³-hybridized carbons (Fsp3) is 0.300. The summed E-state index contributed by atoms with van der Waals surface area (Å²) in [5.74, 6) is -0.622. The smallest absolute Gasteiger partial charge is 0.335 e. The van der Waals surface area contributed by atoms with Crippen LogP contribution in [0.15, 0.2) is 48.5 Å². The Labute approximate surface area is 151 Å². The summed E-state index contributed by atoms with van der Waals surface area (Å²) in [6.45, 7) is 1.22. The average molecular weight is 357 g/mol. The Morgan fingerprint density at radius 1 is 1.04 bits per heavy atom. The van der Waals surface area contributed by atoms with E-state index in [0.717, 1.165) is 18.4 Å². The van der Waals surface area contributed by atoms with E-state index in [1.165, 1.54) is 24.3 Å². The summed E-state index contributed by atoms with van der Waals surface area (Å²) in [7, 11) is 0. The Morgan fingerprint density at radius 2 is 1.65 bits per heavy atom. The van der Waals surface area contributed by atoms with E-state index in [0.29, 0.717) is 18.8 Å². The normalized spacial score (nSPS) is 14.9. The first-order chi connectivity index (χ1) is 12.5.